The first kappa shape index (κ1) is 24.8. The van der Waals surface area contributed by atoms with E-state index in [1.807, 2.05) is 0 Å². The average Bonchev–Trinajstić information content (AvgIpc) is 2.66. The number of sulfonamides is 1. The predicted molar refractivity (Wildman–Crippen MR) is 111 cm³/mol. The van der Waals surface area contributed by atoms with Gasteiger partial charge in [-0.15, -0.1) is 0 Å². The van der Waals surface area contributed by atoms with Gasteiger partial charge in [0.1, 0.15) is 5.82 Å². The molecule has 12 heteroatoms. The van der Waals surface area contributed by atoms with Crippen LogP contribution in [0, 0.1) is 11.6 Å². The Hall–Kier alpha value is -1.50. The van der Waals surface area contributed by atoms with Crippen molar-refractivity contribution in [2.45, 2.75) is 45.4 Å². The van der Waals surface area contributed by atoms with Crippen molar-refractivity contribution >= 4 is 26.0 Å². The molecule has 0 aromatic heterocycles. The van der Waals surface area contributed by atoms with Crippen LogP contribution < -0.4 is 14.2 Å². The van der Waals surface area contributed by atoms with E-state index in [0.717, 1.165) is 38.2 Å². The molecule has 2 rings (SSSR count). The van der Waals surface area contributed by atoms with Gasteiger partial charge in [-0.25, -0.2) is 17.2 Å². The van der Waals surface area contributed by atoms with Crippen LogP contribution in [0.15, 0.2) is 12.1 Å². The van der Waals surface area contributed by atoms with Gasteiger partial charge in [-0.1, -0.05) is 39.0 Å². The number of halogens is 2. The second-order valence-electron chi connectivity index (χ2n) is 7.28. The highest BCUT2D eigenvalue weighted by Crippen LogP contribution is 2.29. The third kappa shape index (κ3) is 7.33. The topological polar surface area (TPSA) is 110 Å². The zero-order valence-electron chi connectivity index (χ0n) is 17.0. The molecule has 1 fully saturated rings. The molecule has 1 aliphatic rings. The molecule has 0 unspecified atom stereocenters. The van der Waals surface area contributed by atoms with Crippen LogP contribution in [-0.2, 0) is 20.3 Å². The minimum Gasteiger partial charge on any atom is -0.368 e. The summed E-state index contributed by atoms with van der Waals surface area (Å²) < 4.78 is 80.9. The molecule has 0 aliphatic carbocycles. The van der Waals surface area contributed by atoms with Crippen molar-refractivity contribution in [2.75, 3.05) is 36.8 Å². The van der Waals surface area contributed by atoms with Crippen LogP contribution in [0.2, 0.25) is 0 Å². The molecule has 0 spiro atoms. The van der Waals surface area contributed by atoms with Gasteiger partial charge in [0.25, 0.3) is 0 Å². The Labute approximate surface area is 177 Å². The summed E-state index contributed by atoms with van der Waals surface area (Å²) in [4.78, 5) is 1.51. The summed E-state index contributed by atoms with van der Waals surface area (Å²) in [7, 11) is -7.87. The third-order valence-corrected chi connectivity index (χ3v) is 7.30. The fraction of sp³-hybridized carbons (Fsp3) is 0.667. The fourth-order valence-electron chi connectivity index (χ4n) is 3.35. The number of hydrogen-bond acceptors (Lipinski definition) is 6. The van der Waals surface area contributed by atoms with Gasteiger partial charge in [0.15, 0.2) is 11.6 Å². The van der Waals surface area contributed by atoms with Crippen LogP contribution in [0.25, 0.3) is 0 Å². The first-order chi connectivity index (χ1) is 14.0. The highest BCUT2D eigenvalue weighted by Gasteiger charge is 2.28. The summed E-state index contributed by atoms with van der Waals surface area (Å²) in [5.41, 5.74) is -0.0951. The maximum atomic E-state index is 14.4. The molecule has 1 aliphatic heterocycles. The van der Waals surface area contributed by atoms with Gasteiger partial charge in [0.05, 0.1) is 11.4 Å². The number of rotatable bonds is 11. The van der Waals surface area contributed by atoms with E-state index < -0.39 is 37.7 Å². The maximum Gasteiger partial charge on any atom is 0.380 e. The Morgan fingerprint density at radius 2 is 1.53 bits per heavy atom. The second-order valence-corrected chi connectivity index (χ2v) is 10.5. The maximum absolute atomic E-state index is 14.4. The molecule has 172 valence electrons. The lowest BCUT2D eigenvalue weighted by atomic mass is 10.1. The lowest BCUT2D eigenvalue weighted by Crippen LogP contribution is -2.49. The van der Waals surface area contributed by atoms with Crippen LogP contribution >= 0.6 is 0 Å². The normalized spacial score (nSPS) is 16.1. The highest BCUT2D eigenvalue weighted by molar-refractivity contribution is 7.89. The summed E-state index contributed by atoms with van der Waals surface area (Å²) >= 11 is 0. The Morgan fingerprint density at radius 3 is 2.13 bits per heavy atom. The average molecular weight is 470 g/mol. The van der Waals surface area contributed by atoms with Crippen molar-refractivity contribution < 1.29 is 29.8 Å². The van der Waals surface area contributed by atoms with Crippen LogP contribution in [0.1, 0.15) is 45.4 Å². The molecule has 8 nitrogen and oxygen atoms in total. The molecule has 1 aromatic carbocycles. The van der Waals surface area contributed by atoms with Crippen LogP contribution in [0.3, 0.4) is 0 Å². The monoisotopic (exact) mass is 469 g/mol. The largest absolute Gasteiger partial charge is 0.380 e. The molecule has 0 radical (unpaired) electrons. The molecule has 0 bridgehead atoms. The molecule has 0 saturated carbocycles. The van der Waals surface area contributed by atoms with Crippen LogP contribution in [0.5, 0.6) is 5.75 Å². The van der Waals surface area contributed by atoms with Crippen molar-refractivity contribution in [3.05, 3.63) is 23.8 Å². The van der Waals surface area contributed by atoms with Gasteiger partial charge in [-0.2, -0.15) is 17.9 Å². The minimum atomic E-state index is -4.49. The fourth-order valence-corrected chi connectivity index (χ4v) is 5.28. The van der Waals surface area contributed by atoms with Crippen LogP contribution in [-0.4, -0.2) is 53.1 Å². The van der Waals surface area contributed by atoms with Crippen molar-refractivity contribution in [3.8, 4) is 5.75 Å². The molecule has 1 saturated heterocycles. The Morgan fingerprint density at radius 1 is 0.933 bits per heavy atom. The number of unbranched alkanes of at least 4 members (excludes halogenated alkanes) is 5. The Bertz CT molecular complexity index is 918. The smallest absolute Gasteiger partial charge is 0.368 e. The lowest BCUT2D eigenvalue weighted by Gasteiger charge is -2.35. The van der Waals surface area contributed by atoms with Crippen molar-refractivity contribution in [1.29, 1.82) is 0 Å². The van der Waals surface area contributed by atoms with Gasteiger partial charge < -0.3 is 9.08 Å². The van der Waals surface area contributed by atoms with Crippen LogP contribution in [0.4, 0.5) is 14.5 Å². The molecule has 2 N–H and O–H groups in total. The van der Waals surface area contributed by atoms with E-state index in [0.29, 0.717) is 12.5 Å². The van der Waals surface area contributed by atoms with E-state index >= 15 is 0 Å². The number of hydrogen-bond donors (Lipinski definition) is 1. The molecular weight excluding hydrogens is 440 g/mol. The summed E-state index contributed by atoms with van der Waals surface area (Å²) in [5.74, 6) is -2.72. The van der Waals surface area contributed by atoms with E-state index in [1.165, 1.54) is 9.21 Å². The molecule has 0 amide bonds. The number of piperazine rings is 1. The number of anilines is 1. The highest BCUT2D eigenvalue weighted by atomic mass is 32.2. The zero-order chi connectivity index (χ0) is 22.4. The first-order valence-corrected chi connectivity index (χ1v) is 13.1. The summed E-state index contributed by atoms with van der Waals surface area (Å²) in [6, 6.07) is 1.42. The van der Waals surface area contributed by atoms with Crippen molar-refractivity contribution in [1.82, 2.24) is 4.31 Å². The van der Waals surface area contributed by atoms with Gasteiger partial charge >= 0.3 is 10.3 Å². The summed E-state index contributed by atoms with van der Waals surface area (Å²) in [5, 5.41) is 4.68. The number of benzene rings is 1. The molecule has 0 atom stereocenters. The van der Waals surface area contributed by atoms with E-state index in [2.05, 4.69) is 16.2 Å². The standard InChI is InChI=1S/C18H29F2N3O5S2/c1-2-3-4-5-6-7-12-29(24,25)23-10-8-22(9-11-23)17-13-16(20)18(14-15(17)19)28-30(21,26)27/h13-14H,2-12H2,1H3,(H2,21,26,27). The van der Waals surface area contributed by atoms with Gasteiger partial charge in [-0.3, -0.25) is 0 Å². The van der Waals surface area contributed by atoms with E-state index in [4.69, 9.17) is 0 Å². The quantitative estimate of drug-likeness (QED) is 0.498. The number of nitrogens with zero attached hydrogens (tertiary/aromatic N) is 2. The lowest BCUT2D eigenvalue weighted by molar-refractivity contribution is 0.381. The van der Waals surface area contributed by atoms with Crippen molar-refractivity contribution in [2.24, 2.45) is 5.14 Å². The Balaban J connectivity index is 1.93. The summed E-state index contributed by atoms with van der Waals surface area (Å²) in [6.45, 7) is 2.81. The Kier molecular flexibility index (Phi) is 8.83. The zero-order valence-corrected chi connectivity index (χ0v) is 18.7. The number of nitrogens with two attached hydrogens (primary N) is 1. The molecule has 1 heterocycles. The van der Waals surface area contributed by atoms with E-state index in [-0.39, 0.29) is 37.6 Å². The third-order valence-electron chi connectivity index (χ3n) is 4.94. The van der Waals surface area contributed by atoms with Gasteiger partial charge in [0, 0.05) is 38.3 Å². The van der Waals surface area contributed by atoms with E-state index in [9.17, 15) is 25.6 Å². The minimum absolute atomic E-state index is 0.0850. The van der Waals surface area contributed by atoms with E-state index in [1.54, 1.807) is 0 Å². The second kappa shape index (κ2) is 10.7. The van der Waals surface area contributed by atoms with Crippen molar-refractivity contribution in [3.63, 3.8) is 0 Å². The summed E-state index contributed by atoms with van der Waals surface area (Å²) in [6.07, 6.45) is 5.90. The molecule has 1 aromatic rings. The first-order valence-electron chi connectivity index (χ1n) is 9.97. The SMILES string of the molecule is CCCCCCCCS(=O)(=O)N1CCN(c2cc(F)c(OS(N)(=O)=O)cc2F)CC1. The van der Waals surface area contributed by atoms with Gasteiger partial charge in [0.2, 0.25) is 10.0 Å². The molecule has 30 heavy (non-hydrogen) atoms. The predicted octanol–water partition coefficient (Wildman–Crippen LogP) is 2.36. The molecular formula is C18H29F2N3O5S2. The van der Waals surface area contributed by atoms with Gasteiger partial charge in [-0.05, 0) is 6.42 Å².